The number of nitrogens with one attached hydrogen (secondary N) is 1. The van der Waals surface area contributed by atoms with Crippen molar-refractivity contribution >= 4 is 18.3 Å². The first-order valence-electron chi connectivity index (χ1n) is 2.78. The van der Waals surface area contributed by atoms with Crippen molar-refractivity contribution in [2.45, 2.75) is 20.3 Å². The highest BCUT2D eigenvalue weighted by Gasteiger charge is 1.76. The predicted molar refractivity (Wildman–Crippen MR) is 40.1 cm³/mol. The van der Waals surface area contributed by atoms with Crippen molar-refractivity contribution in [1.29, 1.82) is 0 Å². The van der Waals surface area contributed by atoms with Crippen molar-refractivity contribution in [3.8, 4) is 0 Å². The molecule has 0 saturated carbocycles. The van der Waals surface area contributed by atoms with Crippen molar-refractivity contribution in [1.82, 2.24) is 4.72 Å². The highest BCUT2D eigenvalue weighted by Crippen LogP contribution is 1.91. The van der Waals surface area contributed by atoms with Gasteiger partial charge in [0.1, 0.15) is 0 Å². The quantitative estimate of drug-likeness (QED) is 0.357. The van der Waals surface area contributed by atoms with Crippen LogP contribution in [0.5, 0.6) is 0 Å². The molecule has 0 spiro atoms. The van der Waals surface area contributed by atoms with Gasteiger partial charge in [0, 0.05) is 12.8 Å². The fourth-order valence-corrected chi connectivity index (χ4v) is 0.713. The molecule has 0 saturated heterocycles. The maximum atomic E-state index is 3.89. The van der Waals surface area contributed by atoms with E-state index in [1.165, 1.54) is 12.1 Å². The Morgan fingerprint density at radius 1 is 1.75 bits per heavy atom. The van der Waals surface area contributed by atoms with E-state index in [0.29, 0.717) is 0 Å². The first-order valence-corrected chi connectivity index (χ1v) is 3.56. The topological polar surface area (TPSA) is 24.4 Å². The van der Waals surface area contributed by atoms with E-state index in [2.05, 4.69) is 16.0 Å². The van der Waals surface area contributed by atoms with Crippen LogP contribution in [0.25, 0.3) is 0 Å². The molecule has 0 amide bonds. The van der Waals surface area contributed by atoms with Gasteiger partial charge in [0.2, 0.25) is 0 Å². The zero-order valence-corrected chi connectivity index (χ0v) is 6.16. The second kappa shape index (κ2) is 6.98. The average Bonchev–Trinajstić information content (AvgIpc) is 1.81. The van der Waals surface area contributed by atoms with Crippen LogP contribution in [0.2, 0.25) is 0 Å². The Hall–Kier alpha value is -0.0200. The summed E-state index contributed by atoms with van der Waals surface area (Å²) >= 11 is 1.40. The molecule has 0 aliphatic rings. The lowest BCUT2D eigenvalue weighted by Crippen LogP contribution is -2.01. The third-order valence-electron chi connectivity index (χ3n) is 0.575. The largest absolute Gasteiger partial charge is 0.244 e. The summed E-state index contributed by atoms with van der Waals surface area (Å²) in [4.78, 5) is 0. The fourth-order valence-electron chi connectivity index (χ4n) is 0.238. The first-order chi connectivity index (χ1) is 3.91. The zero-order valence-electron chi connectivity index (χ0n) is 5.35. The van der Waals surface area contributed by atoms with E-state index in [9.17, 15) is 0 Å². The molecular formula is C5H12N2S. The van der Waals surface area contributed by atoms with Crippen molar-refractivity contribution in [3.63, 3.8) is 0 Å². The van der Waals surface area contributed by atoms with Gasteiger partial charge >= 0.3 is 0 Å². The van der Waals surface area contributed by atoms with Gasteiger partial charge in [0.25, 0.3) is 0 Å². The maximum absolute atomic E-state index is 3.89. The summed E-state index contributed by atoms with van der Waals surface area (Å²) in [6.45, 7) is 5.06. The summed E-state index contributed by atoms with van der Waals surface area (Å²) in [6, 6.07) is 0. The molecular weight excluding hydrogens is 120 g/mol. The van der Waals surface area contributed by atoms with Gasteiger partial charge in [0.15, 0.2) is 0 Å². The Labute approximate surface area is 55.0 Å². The molecule has 2 nitrogen and oxygen atoms in total. The third kappa shape index (κ3) is 5.98. The van der Waals surface area contributed by atoms with Gasteiger partial charge in [0.05, 0.1) is 12.1 Å². The van der Waals surface area contributed by atoms with Crippen LogP contribution in [-0.2, 0) is 0 Å². The Morgan fingerprint density at radius 3 is 3.00 bits per heavy atom. The van der Waals surface area contributed by atoms with Gasteiger partial charge in [-0.1, -0.05) is 6.92 Å². The van der Waals surface area contributed by atoms with Crippen molar-refractivity contribution < 1.29 is 0 Å². The molecule has 48 valence electrons. The SMILES string of the molecule is C/C=N\SNCCC. The molecule has 3 heteroatoms. The van der Waals surface area contributed by atoms with Gasteiger partial charge in [-0.05, 0) is 13.3 Å². The van der Waals surface area contributed by atoms with Crippen LogP contribution in [0, 0.1) is 0 Å². The van der Waals surface area contributed by atoms with E-state index in [4.69, 9.17) is 0 Å². The Morgan fingerprint density at radius 2 is 2.50 bits per heavy atom. The van der Waals surface area contributed by atoms with E-state index in [1.54, 1.807) is 6.21 Å². The first kappa shape index (κ1) is 7.98. The third-order valence-corrected chi connectivity index (χ3v) is 1.22. The number of hydrogen-bond donors (Lipinski definition) is 1. The molecule has 0 rings (SSSR count). The van der Waals surface area contributed by atoms with Crippen LogP contribution in [0.4, 0.5) is 0 Å². The zero-order chi connectivity index (χ0) is 6.24. The van der Waals surface area contributed by atoms with E-state index >= 15 is 0 Å². The van der Waals surface area contributed by atoms with Crippen LogP contribution < -0.4 is 4.72 Å². The van der Waals surface area contributed by atoms with Gasteiger partial charge in [-0.15, -0.1) is 0 Å². The molecule has 0 aliphatic carbocycles. The predicted octanol–water partition coefficient (Wildman–Crippen LogP) is 1.64. The molecule has 0 aromatic rings. The van der Waals surface area contributed by atoms with Gasteiger partial charge < -0.3 is 0 Å². The van der Waals surface area contributed by atoms with E-state index in [0.717, 1.165) is 13.0 Å². The highest BCUT2D eigenvalue weighted by molar-refractivity contribution is 7.96. The average molecular weight is 132 g/mol. The van der Waals surface area contributed by atoms with Crippen molar-refractivity contribution in [3.05, 3.63) is 0 Å². The van der Waals surface area contributed by atoms with Crippen LogP contribution in [0.15, 0.2) is 4.40 Å². The van der Waals surface area contributed by atoms with E-state index < -0.39 is 0 Å². The summed E-state index contributed by atoms with van der Waals surface area (Å²) in [5.74, 6) is 0. The molecule has 0 fully saturated rings. The number of rotatable bonds is 4. The van der Waals surface area contributed by atoms with Crippen LogP contribution in [-0.4, -0.2) is 12.8 Å². The number of hydrogen-bond acceptors (Lipinski definition) is 3. The summed E-state index contributed by atoms with van der Waals surface area (Å²) in [7, 11) is 0. The van der Waals surface area contributed by atoms with E-state index in [1.807, 2.05) is 6.92 Å². The summed E-state index contributed by atoms with van der Waals surface area (Å²) in [5.41, 5.74) is 0. The minimum absolute atomic E-state index is 1.03. The normalized spacial score (nSPS) is 10.8. The van der Waals surface area contributed by atoms with Crippen LogP contribution in [0.3, 0.4) is 0 Å². The van der Waals surface area contributed by atoms with Gasteiger partial charge in [-0.2, -0.15) is 0 Å². The van der Waals surface area contributed by atoms with Gasteiger partial charge in [-0.3, -0.25) is 0 Å². The Kier molecular flexibility index (Phi) is 6.96. The van der Waals surface area contributed by atoms with E-state index in [-0.39, 0.29) is 0 Å². The second-order valence-electron chi connectivity index (χ2n) is 1.35. The molecule has 0 atom stereocenters. The molecule has 0 aromatic carbocycles. The lowest BCUT2D eigenvalue weighted by Gasteiger charge is -1.91. The molecule has 1 N–H and O–H groups in total. The Balaban J connectivity index is 2.72. The van der Waals surface area contributed by atoms with Crippen molar-refractivity contribution in [2.24, 2.45) is 4.40 Å². The number of nitrogens with zero attached hydrogens (tertiary/aromatic N) is 1. The minimum atomic E-state index is 1.03. The lowest BCUT2D eigenvalue weighted by atomic mass is 10.5. The van der Waals surface area contributed by atoms with Gasteiger partial charge in [-0.25, -0.2) is 9.12 Å². The molecule has 0 aromatic heterocycles. The Bertz CT molecular complexity index is 63.4. The van der Waals surface area contributed by atoms with Crippen molar-refractivity contribution in [2.75, 3.05) is 6.54 Å². The second-order valence-corrected chi connectivity index (χ2v) is 2.03. The summed E-state index contributed by atoms with van der Waals surface area (Å²) in [6.07, 6.45) is 2.93. The standard InChI is InChI=1S/C5H12N2S/c1-3-5-7-8-6-4-2/h4,7H,3,5H2,1-2H3/b6-4-. The van der Waals surface area contributed by atoms with Crippen LogP contribution in [0.1, 0.15) is 20.3 Å². The molecule has 0 unspecified atom stereocenters. The van der Waals surface area contributed by atoms with Crippen LogP contribution >= 0.6 is 12.1 Å². The smallest absolute Gasteiger partial charge is 0.0582 e. The highest BCUT2D eigenvalue weighted by atomic mass is 32.2. The lowest BCUT2D eigenvalue weighted by molar-refractivity contribution is 0.878. The summed E-state index contributed by atoms with van der Waals surface area (Å²) in [5, 5.41) is 0. The summed E-state index contributed by atoms with van der Waals surface area (Å²) < 4.78 is 6.94. The molecule has 0 bridgehead atoms. The fraction of sp³-hybridized carbons (Fsp3) is 0.800. The molecule has 0 radical (unpaired) electrons. The molecule has 0 aliphatic heterocycles. The maximum Gasteiger partial charge on any atom is 0.0582 e. The minimum Gasteiger partial charge on any atom is -0.244 e. The molecule has 8 heavy (non-hydrogen) atoms. The molecule has 0 heterocycles. The monoisotopic (exact) mass is 132 g/mol.